The summed E-state index contributed by atoms with van der Waals surface area (Å²) >= 11 is 0. The van der Waals surface area contributed by atoms with E-state index in [-0.39, 0.29) is 18.2 Å². The zero-order valence-electron chi connectivity index (χ0n) is 15.6. The maximum absolute atomic E-state index is 11.5. The Kier molecular flexibility index (Phi) is 8.54. The third-order valence-corrected chi connectivity index (χ3v) is 3.87. The van der Waals surface area contributed by atoms with Crippen molar-refractivity contribution in [1.29, 1.82) is 0 Å². The van der Waals surface area contributed by atoms with Crippen LogP contribution in [-0.4, -0.2) is 40.0 Å². The number of nitrogens with one attached hydrogen (secondary N) is 1. The summed E-state index contributed by atoms with van der Waals surface area (Å²) in [6, 6.07) is 8.42. The second-order valence-electron chi connectivity index (χ2n) is 7.35. The molecule has 0 heterocycles. The average Bonchev–Trinajstić information content (AvgIpc) is 2.56. The van der Waals surface area contributed by atoms with Crippen molar-refractivity contribution in [3.05, 3.63) is 35.9 Å². The summed E-state index contributed by atoms with van der Waals surface area (Å²) in [6.45, 7) is 5.56. The second-order valence-corrected chi connectivity index (χ2v) is 7.35. The highest BCUT2D eigenvalue weighted by molar-refractivity contribution is 5.73. The van der Waals surface area contributed by atoms with Gasteiger partial charge in [0, 0.05) is 12.1 Å². The summed E-state index contributed by atoms with van der Waals surface area (Å²) in [4.78, 5) is 21.7. The number of nitrogens with two attached hydrogens (primary N) is 1. The van der Waals surface area contributed by atoms with Crippen molar-refractivity contribution in [3.8, 4) is 0 Å². The van der Waals surface area contributed by atoms with Crippen LogP contribution in [0.15, 0.2) is 30.3 Å². The lowest BCUT2D eigenvalue weighted by atomic mass is 9.91. The van der Waals surface area contributed by atoms with Gasteiger partial charge in [0.05, 0.1) is 0 Å². The summed E-state index contributed by atoms with van der Waals surface area (Å²) in [5.74, 6) is -1.23. The highest BCUT2D eigenvalue weighted by Crippen LogP contribution is 2.17. The number of carbonyl (C=O) groups excluding carboxylic acids is 1. The van der Waals surface area contributed by atoms with E-state index in [0.29, 0.717) is 5.56 Å². The number of carboxylic acids is 1. The fourth-order valence-electron chi connectivity index (χ4n) is 2.58. The Morgan fingerprint density at radius 1 is 1.19 bits per heavy atom. The molecule has 3 atom stereocenters. The van der Waals surface area contributed by atoms with Crippen LogP contribution in [-0.2, 0) is 9.53 Å². The van der Waals surface area contributed by atoms with Crippen LogP contribution in [0.25, 0.3) is 0 Å². The number of aliphatic hydroxyl groups is 1. The van der Waals surface area contributed by atoms with Gasteiger partial charge >= 0.3 is 12.1 Å². The zero-order chi connectivity index (χ0) is 19.7. The molecule has 0 radical (unpaired) electrons. The Hall–Kier alpha value is -2.12. The molecule has 0 aliphatic heterocycles. The lowest BCUT2D eigenvalue weighted by Crippen LogP contribution is -2.50. The molecule has 26 heavy (non-hydrogen) atoms. The number of alkyl carbamates (subject to hydrolysis) is 1. The van der Waals surface area contributed by atoms with Gasteiger partial charge in [0.2, 0.25) is 0 Å². The Morgan fingerprint density at radius 2 is 1.77 bits per heavy atom. The first-order valence-electron chi connectivity index (χ1n) is 8.81. The molecule has 5 N–H and O–H groups in total. The van der Waals surface area contributed by atoms with Crippen molar-refractivity contribution >= 4 is 12.1 Å². The van der Waals surface area contributed by atoms with Gasteiger partial charge in [-0.15, -0.1) is 0 Å². The van der Waals surface area contributed by atoms with Gasteiger partial charge < -0.3 is 26.0 Å². The fourth-order valence-corrected chi connectivity index (χ4v) is 2.58. The molecule has 0 saturated heterocycles. The molecule has 1 aliphatic carbocycles. The Morgan fingerprint density at radius 3 is 2.27 bits per heavy atom. The highest BCUT2D eigenvalue weighted by Gasteiger charge is 2.25. The van der Waals surface area contributed by atoms with Crippen molar-refractivity contribution in [2.75, 3.05) is 0 Å². The standard InChI is InChI=1S/C11H22N2O2.C8H8O3/c1-11(2,3)15-10(14)13-9-7-5-4-6-8(9)12;9-7(8(10)11)6-4-2-1-3-5-6/h8-9H,4-7,12H2,1-3H3,(H,13,14);1-5,7,9H,(H,10,11)/t8-,9+;7-/m10/s1. The normalized spacial score (nSPS) is 21.0. The van der Waals surface area contributed by atoms with Crippen molar-refractivity contribution in [2.24, 2.45) is 5.73 Å². The van der Waals surface area contributed by atoms with Gasteiger partial charge in [0.1, 0.15) is 5.60 Å². The van der Waals surface area contributed by atoms with Crippen molar-refractivity contribution < 1.29 is 24.5 Å². The summed E-state index contributed by atoms with van der Waals surface area (Å²) in [5.41, 5.74) is 5.88. The van der Waals surface area contributed by atoms with E-state index in [0.717, 1.165) is 25.7 Å². The predicted octanol–water partition coefficient (Wildman–Crippen LogP) is 2.59. The third-order valence-electron chi connectivity index (χ3n) is 3.87. The van der Waals surface area contributed by atoms with E-state index in [9.17, 15) is 9.59 Å². The van der Waals surface area contributed by atoms with E-state index in [1.807, 2.05) is 20.8 Å². The number of carboxylic acid groups (broad SMARTS) is 1. The molecule has 0 bridgehead atoms. The Bertz CT molecular complexity index is 571. The minimum atomic E-state index is -1.41. The smallest absolute Gasteiger partial charge is 0.407 e. The summed E-state index contributed by atoms with van der Waals surface area (Å²) < 4.78 is 5.18. The number of hydrogen-bond donors (Lipinski definition) is 4. The van der Waals surface area contributed by atoms with Crippen molar-refractivity contribution in [2.45, 2.75) is 70.2 Å². The molecule has 0 aromatic heterocycles. The largest absolute Gasteiger partial charge is 0.479 e. The van der Waals surface area contributed by atoms with E-state index in [4.69, 9.17) is 20.7 Å². The van der Waals surface area contributed by atoms with Gasteiger partial charge in [0.25, 0.3) is 0 Å². The zero-order valence-corrected chi connectivity index (χ0v) is 15.6. The number of amides is 1. The van der Waals surface area contributed by atoms with Crippen LogP contribution < -0.4 is 11.1 Å². The molecule has 1 aliphatic rings. The number of benzene rings is 1. The number of aliphatic carboxylic acids is 1. The molecule has 0 unspecified atom stereocenters. The summed E-state index contributed by atoms with van der Waals surface area (Å²) in [5, 5.41) is 20.2. The molecular formula is C19H30N2O5. The quantitative estimate of drug-likeness (QED) is 0.652. The van der Waals surface area contributed by atoms with E-state index in [2.05, 4.69) is 5.32 Å². The number of ether oxygens (including phenoxy) is 1. The SMILES string of the molecule is CC(C)(C)OC(=O)N[C@H]1CCCC[C@H]1N.O=C(O)[C@@H](O)c1ccccc1. The first-order valence-corrected chi connectivity index (χ1v) is 8.81. The van der Waals surface area contributed by atoms with E-state index in [1.54, 1.807) is 30.3 Å². The number of carbonyl (C=O) groups is 2. The van der Waals surface area contributed by atoms with E-state index in [1.165, 1.54) is 0 Å². The Balaban J connectivity index is 0.000000273. The molecule has 7 heteroatoms. The van der Waals surface area contributed by atoms with Gasteiger partial charge in [-0.05, 0) is 39.2 Å². The molecular weight excluding hydrogens is 336 g/mol. The average molecular weight is 366 g/mol. The molecule has 1 fully saturated rings. The number of hydrogen-bond acceptors (Lipinski definition) is 5. The predicted molar refractivity (Wildman–Crippen MR) is 98.6 cm³/mol. The van der Waals surface area contributed by atoms with Crippen LogP contribution in [0.5, 0.6) is 0 Å². The van der Waals surface area contributed by atoms with Gasteiger partial charge in [-0.25, -0.2) is 9.59 Å². The van der Waals surface area contributed by atoms with Crippen LogP contribution in [0.4, 0.5) is 4.79 Å². The molecule has 7 nitrogen and oxygen atoms in total. The molecule has 1 amide bonds. The molecule has 0 spiro atoms. The van der Waals surface area contributed by atoms with Crippen LogP contribution >= 0.6 is 0 Å². The molecule has 1 aromatic carbocycles. The van der Waals surface area contributed by atoms with Gasteiger partial charge in [-0.1, -0.05) is 43.2 Å². The highest BCUT2D eigenvalue weighted by atomic mass is 16.6. The topological polar surface area (TPSA) is 122 Å². The number of rotatable bonds is 3. The van der Waals surface area contributed by atoms with E-state index >= 15 is 0 Å². The lowest BCUT2D eigenvalue weighted by molar-refractivity contribution is -0.146. The molecule has 2 rings (SSSR count). The third kappa shape index (κ3) is 8.31. The molecule has 146 valence electrons. The van der Waals surface area contributed by atoms with Crippen LogP contribution in [0.3, 0.4) is 0 Å². The van der Waals surface area contributed by atoms with Crippen molar-refractivity contribution in [1.82, 2.24) is 5.32 Å². The van der Waals surface area contributed by atoms with Crippen LogP contribution in [0.1, 0.15) is 58.1 Å². The summed E-state index contributed by atoms with van der Waals surface area (Å²) in [6.07, 6.45) is 2.48. The van der Waals surface area contributed by atoms with E-state index < -0.39 is 17.7 Å². The molecule has 1 aromatic rings. The fraction of sp³-hybridized carbons (Fsp3) is 0.579. The molecule has 1 saturated carbocycles. The summed E-state index contributed by atoms with van der Waals surface area (Å²) in [7, 11) is 0. The maximum Gasteiger partial charge on any atom is 0.407 e. The van der Waals surface area contributed by atoms with Gasteiger partial charge in [-0.3, -0.25) is 0 Å². The lowest BCUT2D eigenvalue weighted by Gasteiger charge is -2.30. The van der Waals surface area contributed by atoms with Crippen molar-refractivity contribution in [3.63, 3.8) is 0 Å². The number of aliphatic hydroxyl groups excluding tert-OH is 1. The van der Waals surface area contributed by atoms with Crippen LogP contribution in [0, 0.1) is 0 Å². The second kappa shape index (κ2) is 10.1. The minimum absolute atomic E-state index is 0.0752. The van der Waals surface area contributed by atoms with Gasteiger partial charge in [-0.2, -0.15) is 0 Å². The first-order chi connectivity index (χ1) is 12.1. The minimum Gasteiger partial charge on any atom is -0.479 e. The van der Waals surface area contributed by atoms with Gasteiger partial charge in [0.15, 0.2) is 6.10 Å². The monoisotopic (exact) mass is 366 g/mol. The van der Waals surface area contributed by atoms with Crippen LogP contribution in [0.2, 0.25) is 0 Å². The Labute approximate surface area is 154 Å². The first kappa shape index (κ1) is 21.9. The maximum atomic E-state index is 11.5.